The van der Waals surface area contributed by atoms with Crippen LogP contribution in [0.5, 0.6) is 0 Å². The first-order valence-electron chi connectivity index (χ1n) is 6.50. The van der Waals surface area contributed by atoms with E-state index in [9.17, 15) is 0 Å². The largest absolute Gasteiger partial charge is 0.385 e. The number of nitriles is 1. The van der Waals surface area contributed by atoms with Gasteiger partial charge in [0, 0.05) is 19.8 Å². The third-order valence-corrected chi connectivity index (χ3v) is 2.99. The molecule has 0 heterocycles. The monoisotopic (exact) mass is 246 g/mol. The molecule has 98 valence electrons. The van der Waals surface area contributed by atoms with E-state index in [0.29, 0.717) is 6.04 Å². The zero-order valence-corrected chi connectivity index (χ0v) is 11.3. The average molecular weight is 246 g/mol. The van der Waals surface area contributed by atoms with Crippen molar-refractivity contribution < 1.29 is 4.74 Å². The van der Waals surface area contributed by atoms with E-state index in [-0.39, 0.29) is 0 Å². The fourth-order valence-electron chi connectivity index (χ4n) is 1.86. The molecule has 3 heteroatoms. The first-order chi connectivity index (χ1) is 8.77. The molecule has 0 saturated heterocycles. The summed E-state index contributed by atoms with van der Waals surface area (Å²) in [7, 11) is 1.74. The van der Waals surface area contributed by atoms with E-state index in [1.165, 1.54) is 12.0 Å². The van der Waals surface area contributed by atoms with E-state index in [0.717, 1.165) is 31.6 Å². The zero-order chi connectivity index (χ0) is 13.2. The summed E-state index contributed by atoms with van der Waals surface area (Å²) in [6, 6.07) is 10.2. The highest BCUT2D eigenvalue weighted by atomic mass is 16.5. The minimum absolute atomic E-state index is 0.292. The molecule has 3 nitrogen and oxygen atoms in total. The minimum atomic E-state index is 0.292. The van der Waals surface area contributed by atoms with Crippen LogP contribution in [0.4, 0.5) is 0 Å². The van der Waals surface area contributed by atoms with Crippen molar-refractivity contribution in [3.63, 3.8) is 0 Å². The zero-order valence-electron chi connectivity index (χ0n) is 11.3. The van der Waals surface area contributed by atoms with Gasteiger partial charge in [0.15, 0.2) is 0 Å². The van der Waals surface area contributed by atoms with Crippen molar-refractivity contribution in [3.05, 3.63) is 35.4 Å². The molecule has 1 atom stereocenters. The van der Waals surface area contributed by atoms with Crippen molar-refractivity contribution in [1.29, 1.82) is 5.26 Å². The number of nitrogens with zero attached hydrogens (tertiary/aromatic N) is 1. The van der Waals surface area contributed by atoms with Gasteiger partial charge in [-0.2, -0.15) is 5.26 Å². The SMILES string of the molecule is COCCCCCNC(C)c1cccc(C#N)c1. The number of ether oxygens (including phenoxy) is 1. The van der Waals surface area contributed by atoms with Crippen molar-refractivity contribution in [2.75, 3.05) is 20.3 Å². The molecule has 1 aromatic carbocycles. The van der Waals surface area contributed by atoms with E-state index in [1.807, 2.05) is 18.2 Å². The fourth-order valence-corrected chi connectivity index (χ4v) is 1.86. The number of hydrogen-bond acceptors (Lipinski definition) is 3. The van der Waals surface area contributed by atoms with Gasteiger partial charge in [0.25, 0.3) is 0 Å². The van der Waals surface area contributed by atoms with E-state index < -0.39 is 0 Å². The van der Waals surface area contributed by atoms with Gasteiger partial charge in [0.2, 0.25) is 0 Å². The van der Waals surface area contributed by atoms with E-state index in [2.05, 4.69) is 24.4 Å². The molecular weight excluding hydrogens is 224 g/mol. The fraction of sp³-hybridized carbons (Fsp3) is 0.533. The Morgan fingerprint density at radius 2 is 2.17 bits per heavy atom. The maximum atomic E-state index is 8.86. The molecule has 0 saturated carbocycles. The summed E-state index contributed by atoms with van der Waals surface area (Å²) in [6.07, 6.45) is 3.47. The Balaban J connectivity index is 2.27. The van der Waals surface area contributed by atoms with Gasteiger partial charge in [-0.25, -0.2) is 0 Å². The predicted molar refractivity (Wildman–Crippen MR) is 73.3 cm³/mol. The Hall–Kier alpha value is -1.37. The lowest BCUT2D eigenvalue weighted by atomic mass is 10.1. The average Bonchev–Trinajstić information content (AvgIpc) is 2.42. The molecule has 1 unspecified atom stereocenters. The summed E-state index contributed by atoms with van der Waals surface area (Å²) < 4.78 is 5.01. The van der Waals surface area contributed by atoms with Crippen LogP contribution in [0.25, 0.3) is 0 Å². The van der Waals surface area contributed by atoms with Crippen LogP contribution in [0.2, 0.25) is 0 Å². The molecule has 1 rings (SSSR count). The van der Waals surface area contributed by atoms with Crippen molar-refractivity contribution in [3.8, 4) is 6.07 Å². The Bertz CT molecular complexity index is 384. The molecule has 18 heavy (non-hydrogen) atoms. The quantitative estimate of drug-likeness (QED) is 0.717. The van der Waals surface area contributed by atoms with Gasteiger partial charge in [-0.3, -0.25) is 0 Å². The van der Waals surface area contributed by atoms with Crippen molar-refractivity contribution in [1.82, 2.24) is 5.32 Å². The highest BCUT2D eigenvalue weighted by molar-refractivity contribution is 5.33. The molecule has 0 aliphatic heterocycles. The summed E-state index contributed by atoms with van der Waals surface area (Å²) >= 11 is 0. The number of rotatable bonds is 8. The van der Waals surface area contributed by atoms with Gasteiger partial charge in [-0.05, 0) is 50.4 Å². The van der Waals surface area contributed by atoms with Gasteiger partial charge in [0.1, 0.15) is 0 Å². The van der Waals surface area contributed by atoms with Crippen molar-refractivity contribution in [2.24, 2.45) is 0 Å². The molecule has 0 radical (unpaired) electrons. The third kappa shape index (κ3) is 5.31. The van der Waals surface area contributed by atoms with Crippen LogP contribution in [0.1, 0.15) is 43.4 Å². The standard InChI is InChI=1S/C15H22N2O/c1-13(17-9-4-3-5-10-18-2)15-8-6-7-14(11-15)12-16/h6-8,11,13,17H,3-5,9-10H2,1-2H3. The maximum Gasteiger partial charge on any atom is 0.0991 e. The molecule has 0 aliphatic rings. The Kier molecular flexibility index (Phi) is 7.09. The van der Waals surface area contributed by atoms with Gasteiger partial charge < -0.3 is 10.1 Å². The summed E-state index contributed by atoms with van der Waals surface area (Å²) in [5, 5.41) is 12.3. The molecule has 0 aromatic heterocycles. The number of nitrogens with one attached hydrogen (secondary N) is 1. The van der Waals surface area contributed by atoms with Gasteiger partial charge in [-0.15, -0.1) is 0 Å². The molecular formula is C15H22N2O. The smallest absolute Gasteiger partial charge is 0.0991 e. The summed E-state index contributed by atoms with van der Waals surface area (Å²) in [4.78, 5) is 0. The first kappa shape index (κ1) is 14.7. The van der Waals surface area contributed by atoms with Crippen molar-refractivity contribution in [2.45, 2.75) is 32.2 Å². The lowest BCUT2D eigenvalue weighted by Gasteiger charge is -2.14. The van der Waals surface area contributed by atoms with Crippen LogP contribution in [-0.4, -0.2) is 20.3 Å². The molecule has 0 fully saturated rings. The molecule has 1 aromatic rings. The second-order valence-electron chi connectivity index (χ2n) is 4.47. The van der Waals surface area contributed by atoms with Crippen LogP contribution >= 0.6 is 0 Å². The van der Waals surface area contributed by atoms with Gasteiger partial charge >= 0.3 is 0 Å². The number of unbranched alkanes of at least 4 members (excludes halogenated alkanes) is 2. The van der Waals surface area contributed by atoms with E-state index in [1.54, 1.807) is 7.11 Å². The van der Waals surface area contributed by atoms with Gasteiger partial charge in [0.05, 0.1) is 11.6 Å². The summed E-state index contributed by atoms with van der Waals surface area (Å²) in [5.74, 6) is 0. The molecule has 0 bridgehead atoms. The first-order valence-corrected chi connectivity index (χ1v) is 6.50. The van der Waals surface area contributed by atoms with E-state index >= 15 is 0 Å². The number of hydrogen-bond donors (Lipinski definition) is 1. The highest BCUT2D eigenvalue weighted by Gasteiger charge is 2.04. The summed E-state index contributed by atoms with van der Waals surface area (Å²) in [6.45, 7) is 3.98. The molecule has 0 amide bonds. The molecule has 1 N–H and O–H groups in total. The lowest BCUT2D eigenvalue weighted by Crippen LogP contribution is -2.19. The minimum Gasteiger partial charge on any atom is -0.385 e. The van der Waals surface area contributed by atoms with Crippen LogP contribution in [0, 0.1) is 11.3 Å². The Morgan fingerprint density at radius 3 is 2.89 bits per heavy atom. The Labute approximate surface area is 110 Å². The van der Waals surface area contributed by atoms with Crippen LogP contribution in [-0.2, 0) is 4.74 Å². The second kappa shape index (κ2) is 8.68. The van der Waals surface area contributed by atoms with Crippen LogP contribution in [0.3, 0.4) is 0 Å². The maximum absolute atomic E-state index is 8.86. The normalized spacial score (nSPS) is 12.1. The predicted octanol–water partition coefficient (Wildman–Crippen LogP) is 3.03. The highest BCUT2D eigenvalue weighted by Crippen LogP contribution is 2.13. The third-order valence-electron chi connectivity index (χ3n) is 2.99. The number of methoxy groups -OCH3 is 1. The topological polar surface area (TPSA) is 45.0 Å². The lowest BCUT2D eigenvalue weighted by molar-refractivity contribution is 0.192. The number of benzene rings is 1. The van der Waals surface area contributed by atoms with E-state index in [4.69, 9.17) is 10.00 Å². The molecule has 0 spiro atoms. The van der Waals surface area contributed by atoms with Crippen LogP contribution < -0.4 is 5.32 Å². The molecule has 0 aliphatic carbocycles. The van der Waals surface area contributed by atoms with Gasteiger partial charge in [-0.1, -0.05) is 12.1 Å². The Morgan fingerprint density at radius 1 is 1.33 bits per heavy atom. The summed E-state index contributed by atoms with van der Waals surface area (Å²) in [5.41, 5.74) is 1.90. The van der Waals surface area contributed by atoms with Crippen molar-refractivity contribution >= 4 is 0 Å². The van der Waals surface area contributed by atoms with Crippen LogP contribution in [0.15, 0.2) is 24.3 Å². The second-order valence-corrected chi connectivity index (χ2v) is 4.47.